The summed E-state index contributed by atoms with van der Waals surface area (Å²) >= 11 is 9.50. The number of esters is 1. The topological polar surface area (TPSA) is 26.3 Å². The SMILES string of the molecule is C=CCC(Cc1ccc(Br)cc1Cl)C(=O)OCC. The zero-order valence-electron chi connectivity index (χ0n) is 10.3. The van der Waals surface area contributed by atoms with Gasteiger partial charge < -0.3 is 4.74 Å². The van der Waals surface area contributed by atoms with Gasteiger partial charge in [0.05, 0.1) is 12.5 Å². The number of benzene rings is 1. The van der Waals surface area contributed by atoms with E-state index in [2.05, 4.69) is 22.5 Å². The highest BCUT2D eigenvalue weighted by atomic mass is 79.9. The molecule has 2 nitrogen and oxygen atoms in total. The van der Waals surface area contributed by atoms with Crippen molar-refractivity contribution in [2.24, 2.45) is 5.92 Å². The van der Waals surface area contributed by atoms with Gasteiger partial charge in [0.15, 0.2) is 0 Å². The summed E-state index contributed by atoms with van der Waals surface area (Å²) in [5.41, 5.74) is 0.944. The Morgan fingerprint density at radius 2 is 2.33 bits per heavy atom. The lowest BCUT2D eigenvalue weighted by molar-refractivity contribution is -0.147. The third kappa shape index (κ3) is 4.46. The molecule has 4 heteroatoms. The second-order valence-corrected chi connectivity index (χ2v) is 5.24. The molecule has 0 radical (unpaired) electrons. The number of rotatable bonds is 6. The molecule has 18 heavy (non-hydrogen) atoms. The Bertz CT molecular complexity index is 432. The van der Waals surface area contributed by atoms with Crippen LogP contribution in [0, 0.1) is 5.92 Å². The highest BCUT2D eigenvalue weighted by Gasteiger charge is 2.20. The second kappa shape index (κ2) is 7.59. The lowest BCUT2D eigenvalue weighted by atomic mass is 9.96. The number of carbonyl (C=O) groups excluding carboxylic acids is 1. The van der Waals surface area contributed by atoms with E-state index in [9.17, 15) is 4.79 Å². The van der Waals surface area contributed by atoms with Gasteiger partial charge in [-0.15, -0.1) is 6.58 Å². The Labute approximate surface area is 121 Å². The molecule has 0 bridgehead atoms. The van der Waals surface area contributed by atoms with Crippen molar-refractivity contribution in [1.29, 1.82) is 0 Å². The van der Waals surface area contributed by atoms with E-state index in [0.29, 0.717) is 24.5 Å². The van der Waals surface area contributed by atoms with Crippen LogP contribution in [0.2, 0.25) is 5.02 Å². The van der Waals surface area contributed by atoms with Crippen LogP contribution >= 0.6 is 27.5 Å². The van der Waals surface area contributed by atoms with Gasteiger partial charge in [-0.05, 0) is 37.5 Å². The third-order valence-corrected chi connectivity index (χ3v) is 3.40. The zero-order chi connectivity index (χ0) is 13.5. The van der Waals surface area contributed by atoms with Crippen LogP contribution in [0.4, 0.5) is 0 Å². The molecule has 0 aromatic heterocycles. The van der Waals surface area contributed by atoms with Crippen molar-refractivity contribution in [1.82, 2.24) is 0 Å². The van der Waals surface area contributed by atoms with E-state index >= 15 is 0 Å². The van der Waals surface area contributed by atoms with Crippen LogP contribution in [0.25, 0.3) is 0 Å². The molecule has 1 unspecified atom stereocenters. The number of hydrogen-bond acceptors (Lipinski definition) is 2. The molecule has 0 aliphatic rings. The fourth-order valence-corrected chi connectivity index (χ4v) is 2.43. The molecule has 98 valence electrons. The Balaban J connectivity index is 2.82. The molecule has 1 rings (SSSR count). The number of hydrogen-bond donors (Lipinski definition) is 0. The molecule has 0 heterocycles. The first kappa shape index (κ1) is 15.3. The van der Waals surface area contributed by atoms with Crippen LogP contribution in [0.1, 0.15) is 18.9 Å². The molecule has 0 aliphatic heterocycles. The summed E-state index contributed by atoms with van der Waals surface area (Å²) in [5, 5.41) is 0.655. The van der Waals surface area contributed by atoms with E-state index in [0.717, 1.165) is 10.0 Å². The summed E-state index contributed by atoms with van der Waals surface area (Å²) in [5.74, 6) is -0.419. The molecular weight excluding hydrogens is 316 g/mol. The van der Waals surface area contributed by atoms with Gasteiger partial charge in [-0.1, -0.05) is 39.7 Å². The van der Waals surface area contributed by atoms with E-state index < -0.39 is 0 Å². The zero-order valence-corrected chi connectivity index (χ0v) is 12.6. The van der Waals surface area contributed by atoms with E-state index in [1.54, 1.807) is 13.0 Å². The lowest BCUT2D eigenvalue weighted by Gasteiger charge is -2.14. The van der Waals surface area contributed by atoms with Crippen molar-refractivity contribution in [3.8, 4) is 0 Å². The van der Waals surface area contributed by atoms with Crippen LogP contribution in [0.3, 0.4) is 0 Å². The van der Waals surface area contributed by atoms with Gasteiger partial charge >= 0.3 is 5.97 Å². The second-order valence-electron chi connectivity index (χ2n) is 3.91. The maximum atomic E-state index is 11.8. The van der Waals surface area contributed by atoms with Crippen molar-refractivity contribution in [2.75, 3.05) is 6.61 Å². The first-order valence-electron chi connectivity index (χ1n) is 5.80. The number of allylic oxidation sites excluding steroid dienone is 1. The van der Waals surface area contributed by atoms with E-state index in [4.69, 9.17) is 16.3 Å². The molecule has 0 N–H and O–H groups in total. The first-order valence-corrected chi connectivity index (χ1v) is 6.97. The minimum atomic E-state index is -0.221. The van der Waals surface area contributed by atoms with E-state index in [1.165, 1.54) is 0 Å². The maximum Gasteiger partial charge on any atom is 0.309 e. The van der Waals surface area contributed by atoms with Gasteiger partial charge in [-0.25, -0.2) is 0 Å². The van der Waals surface area contributed by atoms with Crippen molar-refractivity contribution in [3.05, 3.63) is 45.9 Å². The fraction of sp³-hybridized carbons (Fsp3) is 0.357. The van der Waals surface area contributed by atoms with E-state index in [-0.39, 0.29) is 11.9 Å². The number of ether oxygens (including phenoxy) is 1. The Morgan fingerprint density at radius 1 is 1.61 bits per heavy atom. The highest BCUT2D eigenvalue weighted by Crippen LogP contribution is 2.25. The van der Waals surface area contributed by atoms with Crippen LogP contribution in [0.5, 0.6) is 0 Å². The summed E-state index contributed by atoms with van der Waals surface area (Å²) in [7, 11) is 0. The van der Waals surface area contributed by atoms with E-state index in [1.807, 2.05) is 18.2 Å². The van der Waals surface area contributed by atoms with Gasteiger partial charge in [-0.2, -0.15) is 0 Å². The van der Waals surface area contributed by atoms with Crippen molar-refractivity contribution in [2.45, 2.75) is 19.8 Å². The molecule has 1 atom stereocenters. The average molecular weight is 332 g/mol. The summed E-state index contributed by atoms with van der Waals surface area (Å²) in [6, 6.07) is 5.66. The normalized spacial score (nSPS) is 11.9. The summed E-state index contributed by atoms with van der Waals surface area (Å²) in [6.07, 6.45) is 2.89. The quantitative estimate of drug-likeness (QED) is 0.570. The molecule has 0 aliphatic carbocycles. The molecule has 0 saturated carbocycles. The molecular formula is C14H16BrClO2. The number of halogens is 2. The maximum absolute atomic E-state index is 11.8. The van der Waals surface area contributed by atoms with Gasteiger partial charge in [-0.3, -0.25) is 4.79 Å². The van der Waals surface area contributed by atoms with Gasteiger partial charge in [0.2, 0.25) is 0 Å². The van der Waals surface area contributed by atoms with Gasteiger partial charge in [0.1, 0.15) is 0 Å². The summed E-state index contributed by atoms with van der Waals surface area (Å²) < 4.78 is 5.98. The van der Waals surface area contributed by atoms with Crippen LogP contribution in [0.15, 0.2) is 35.3 Å². The van der Waals surface area contributed by atoms with Gasteiger partial charge in [0, 0.05) is 9.50 Å². The molecule has 1 aromatic carbocycles. The predicted octanol–water partition coefficient (Wildman–Crippen LogP) is 4.40. The Kier molecular flexibility index (Phi) is 6.44. The molecule has 1 aromatic rings. The van der Waals surface area contributed by atoms with Crippen molar-refractivity contribution in [3.63, 3.8) is 0 Å². The largest absolute Gasteiger partial charge is 0.466 e. The van der Waals surface area contributed by atoms with Crippen molar-refractivity contribution >= 4 is 33.5 Å². The minimum Gasteiger partial charge on any atom is -0.466 e. The monoisotopic (exact) mass is 330 g/mol. The fourth-order valence-electron chi connectivity index (χ4n) is 1.68. The first-order chi connectivity index (χ1) is 8.58. The smallest absolute Gasteiger partial charge is 0.309 e. The standard InChI is InChI=1S/C14H16BrClO2/c1-3-5-11(14(17)18-4-2)8-10-6-7-12(15)9-13(10)16/h3,6-7,9,11H,1,4-5,8H2,2H3. The van der Waals surface area contributed by atoms with Gasteiger partial charge in [0.25, 0.3) is 0 Å². The summed E-state index contributed by atoms with van der Waals surface area (Å²) in [6.45, 7) is 5.86. The molecule has 0 fully saturated rings. The lowest BCUT2D eigenvalue weighted by Crippen LogP contribution is -2.19. The Morgan fingerprint density at radius 3 is 2.89 bits per heavy atom. The summed E-state index contributed by atoms with van der Waals surface area (Å²) in [4.78, 5) is 11.8. The average Bonchev–Trinajstić information content (AvgIpc) is 2.32. The third-order valence-electron chi connectivity index (χ3n) is 2.55. The molecule has 0 saturated heterocycles. The Hall–Kier alpha value is -0.800. The highest BCUT2D eigenvalue weighted by molar-refractivity contribution is 9.10. The molecule has 0 spiro atoms. The van der Waals surface area contributed by atoms with Crippen LogP contribution in [-0.2, 0) is 16.0 Å². The molecule has 0 amide bonds. The minimum absolute atomic E-state index is 0.198. The van der Waals surface area contributed by atoms with Crippen LogP contribution < -0.4 is 0 Å². The van der Waals surface area contributed by atoms with Crippen LogP contribution in [-0.4, -0.2) is 12.6 Å². The number of carbonyl (C=O) groups is 1. The van der Waals surface area contributed by atoms with Crippen molar-refractivity contribution < 1.29 is 9.53 Å². The predicted molar refractivity (Wildman–Crippen MR) is 77.8 cm³/mol.